The molecule has 28 heavy (non-hydrogen) atoms. The number of carbonyl (C=O) groups is 2. The molecule has 7 nitrogen and oxygen atoms in total. The van der Waals surface area contributed by atoms with Crippen LogP contribution >= 0.6 is 15.9 Å². The maximum atomic E-state index is 13.0. The molecule has 0 aliphatic carbocycles. The third-order valence-electron chi connectivity index (χ3n) is 5.49. The van der Waals surface area contributed by atoms with Crippen molar-refractivity contribution in [1.29, 1.82) is 0 Å². The Bertz CT molecular complexity index is 904. The first-order chi connectivity index (χ1) is 13.5. The van der Waals surface area contributed by atoms with E-state index in [0.717, 1.165) is 47.3 Å². The number of para-hydroxylation sites is 1. The van der Waals surface area contributed by atoms with Crippen molar-refractivity contribution in [2.24, 2.45) is 7.05 Å². The zero-order chi connectivity index (χ0) is 19.7. The fourth-order valence-electron chi connectivity index (χ4n) is 3.94. The Morgan fingerprint density at radius 1 is 1.07 bits per heavy atom. The second-order valence-corrected chi connectivity index (χ2v) is 8.19. The Kier molecular flexibility index (Phi) is 5.39. The van der Waals surface area contributed by atoms with Crippen LogP contribution in [-0.2, 0) is 20.0 Å². The third-order valence-corrected chi connectivity index (χ3v) is 6.18. The number of fused-ring (bicyclic) bond motifs is 1. The van der Waals surface area contributed by atoms with Crippen LogP contribution < -0.4 is 5.32 Å². The van der Waals surface area contributed by atoms with Gasteiger partial charge in [0.05, 0.1) is 12.2 Å². The van der Waals surface area contributed by atoms with Crippen LogP contribution in [0.3, 0.4) is 0 Å². The van der Waals surface area contributed by atoms with Crippen LogP contribution in [0.25, 0.3) is 0 Å². The molecule has 3 heterocycles. The number of piperidine rings is 1. The number of nitrogens with zero attached hydrogens (tertiary/aromatic N) is 4. The summed E-state index contributed by atoms with van der Waals surface area (Å²) in [5.74, 6) is -0.00962. The standard InChI is InChI=1S/C20H24BrN5O2/c1-24-17-9-12-26(20(28)22-16-8-4-3-7-15(16)21)13-14(17)18(23-24)19(27)25-10-5-2-6-11-25/h3-4,7-8H,2,5-6,9-13H2,1H3,(H,22,28). The highest BCUT2D eigenvalue weighted by atomic mass is 79.9. The number of rotatable bonds is 2. The minimum Gasteiger partial charge on any atom is -0.337 e. The number of carbonyl (C=O) groups excluding carboxylic acids is 2. The van der Waals surface area contributed by atoms with E-state index in [4.69, 9.17) is 0 Å². The average molecular weight is 446 g/mol. The number of benzene rings is 1. The Morgan fingerprint density at radius 3 is 2.57 bits per heavy atom. The van der Waals surface area contributed by atoms with Gasteiger partial charge >= 0.3 is 6.03 Å². The summed E-state index contributed by atoms with van der Waals surface area (Å²) in [6.45, 7) is 2.57. The lowest BCUT2D eigenvalue weighted by molar-refractivity contribution is 0.0715. The van der Waals surface area contributed by atoms with Crippen LogP contribution in [0.2, 0.25) is 0 Å². The number of hydrogen-bond acceptors (Lipinski definition) is 3. The molecule has 0 bridgehead atoms. The van der Waals surface area contributed by atoms with E-state index in [-0.39, 0.29) is 11.9 Å². The maximum Gasteiger partial charge on any atom is 0.322 e. The molecule has 0 atom stereocenters. The van der Waals surface area contributed by atoms with Crippen LogP contribution in [0.4, 0.5) is 10.5 Å². The number of amides is 3. The van der Waals surface area contributed by atoms with E-state index in [0.29, 0.717) is 25.2 Å². The molecule has 1 saturated heterocycles. The first-order valence-electron chi connectivity index (χ1n) is 9.69. The van der Waals surface area contributed by atoms with Crippen molar-refractivity contribution in [3.63, 3.8) is 0 Å². The second-order valence-electron chi connectivity index (χ2n) is 7.33. The van der Waals surface area contributed by atoms with E-state index < -0.39 is 0 Å². The van der Waals surface area contributed by atoms with E-state index in [1.165, 1.54) is 6.42 Å². The van der Waals surface area contributed by atoms with E-state index in [1.807, 2.05) is 36.2 Å². The second kappa shape index (κ2) is 7.95. The van der Waals surface area contributed by atoms with Gasteiger partial charge in [-0.05, 0) is 47.3 Å². The largest absolute Gasteiger partial charge is 0.337 e. The van der Waals surface area contributed by atoms with Crippen LogP contribution in [0.15, 0.2) is 28.7 Å². The van der Waals surface area contributed by atoms with Gasteiger partial charge in [-0.25, -0.2) is 4.79 Å². The first-order valence-corrected chi connectivity index (χ1v) is 10.5. The van der Waals surface area contributed by atoms with Gasteiger partial charge in [0.15, 0.2) is 5.69 Å². The van der Waals surface area contributed by atoms with Gasteiger partial charge < -0.3 is 15.1 Å². The Hall–Kier alpha value is -2.35. The maximum absolute atomic E-state index is 13.0. The monoisotopic (exact) mass is 445 g/mol. The molecule has 0 radical (unpaired) electrons. The molecule has 0 saturated carbocycles. The zero-order valence-corrected chi connectivity index (χ0v) is 17.5. The van der Waals surface area contributed by atoms with Gasteiger partial charge in [0.25, 0.3) is 5.91 Å². The smallest absolute Gasteiger partial charge is 0.322 e. The fourth-order valence-corrected chi connectivity index (χ4v) is 4.33. The molecule has 3 amide bonds. The molecule has 1 fully saturated rings. The molecule has 0 unspecified atom stereocenters. The molecule has 148 valence electrons. The first kappa shape index (κ1) is 19.0. The van der Waals surface area contributed by atoms with Gasteiger partial charge in [0, 0.05) is 48.8 Å². The number of urea groups is 1. The van der Waals surface area contributed by atoms with Crippen molar-refractivity contribution in [3.8, 4) is 0 Å². The van der Waals surface area contributed by atoms with Crippen molar-refractivity contribution in [1.82, 2.24) is 19.6 Å². The van der Waals surface area contributed by atoms with Crippen molar-refractivity contribution < 1.29 is 9.59 Å². The highest BCUT2D eigenvalue weighted by Crippen LogP contribution is 2.26. The Balaban J connectivity index is 1.53. The lowest BCUT2D eigenvalue weighted by Gasteiger charge is -2.29. The van der Waals surface area contributed by atoms with Gasteiger partial charge in [0.1, 0.15) is 0 Å². The summed E-state index contributed by atoms with van der Waals surface area (Å²) in [4.78, 5) is 29.5. The quantitative estimate of drug-likeness (QED) is 0.769. The number of nitrogens with one attached hydrogen (secondary N) is 1. The van der Waals surface area contributed by atoms with Gasteiger partial charge in [-0.2, -0.15) is 5.10 Å². The van der Waals surface area contributed by atoms with Crippen LogP contribution in [0.1, 0.15) is 41.0 Å². The number of aromatic nitrogens is 2. The minimum atomic E-state index is -0.169. The normalized spacial score (nSPS) is 16.6. The fraction of sp³-hybridized carbons (Fsp3) is 0.450. The Morgan fingerprint density at radius 2 is 1.82 bits per heavy atom. The molecule has 0 spiro atoms. The summed E-state index contributed by atoms with van der Waals surface area (Å²) < 4.78 is 2.64. The van der Waals surface area contributed by atoms with Crippen LogP contribution in [-0.4, -0.2) is 51.2 Å². The van der Waals surface area contributed by atoms with Gasteiger partial charge in [-0.15, -0.1) is 0 Å². The molecule has 2 aromatic rings. The minimum absolute atomic E-state index is 0.00962. The zero-order valence-electron chi connectivity index (χ0n) is 15.9. The summed E-state index contributed by atoms with van der Waals surface area (Å²) in [6.07, 6.45) is 3.95. The summed E-state index contributed by atoms with van der Waals surface area (Å²) in [6, 6.07) is 7.36. The summed E-state index contributed by atoms with van der Waals surface area (Å²) in [5.41, 5.74) is 3.16. The van der Waals surface area contributed by atoms with Crippen LogP contribution in [0.5, 0.6) is 0 Å². The number of anilines is 1. The predicted octanol–water partition coefficient (Wildman–Crippen LogP) is 3.40. The lowest BCUT2D eigenvalue weighted by atomic mass is 10.0. The third kappa shape index (κ3) is 3.65. The topological polar surface area (TPSA) is 70.5 Å². The highest BCUT2D eigenvalue weighted by molar-refractivity contribution is 9.10. The number of hydrogen-bond donors (Lipinski definition) is 1. The molecular weight excluding hydrogens is 422 g/mol. The molecule has 2 aliphatic rings. The van der Waals surface area contributed by atoms with E-state index in [9.17, 15) is 9.59 Å². The van der Waals surface area contributed by atoms with Gasteiger partial charge in [-0.1, -0.05) is 12.1 Å². The van der Waals surface area contributed by atoms with Crippen molar-refractivity contribution in [3.05, 3.63) is 45.7 Å². The van der Waals surface area contributed by atoms with E-state index in [2.05, 4.69) is 26.3 Å². The van der Waals surface area contributed by atoms with Crippen LogP contribution in [0, 0.1) is 0 Å². The summed E-state index contributed by atoms with van der Waals surface area (Å²) in [7, 11) is 1.88. The molecule has 1 aromatic carbocycles. The average Bonchev–Trinajstić information content (AvgIpc) is 3.06. The summed E-state index contributed by atoms with van der Waals surface area (Å²) >= 11 is 3.46. The molecule has 1 aromatic heterocycles. The molecular formula is C20H24BrN5O2. The molecule has 8 heteroatoms. The summed E-state index contributed by atoms with van der Waals surface area (Å²) in [5, 5.41) is 7.47. The van der Waals surface area contributed by atoms with Gasteiger partial charge in [0.2, 0.25) is 0 Å². The molecule has 1 N–H and O–H groups in total. The predicted molar refractivity (Wildman–Crippen MR) is 110 cm³/mol. The molecule has 4 rings (SSSR count). The van der Waals surface area contributed by atoms with Crippen molar-refractivity contribution in [2.45, 2.75) is 32.2 Å². The van der Waals surface area contributed by atoms with Gasteiger partial charge in [-0.3, -0.25) is 9.48 Å². The number of likely N-dealkylation sites (tertiary alicyclic amines) is 1. The Labute approximate surface area is 172 Å². The number of aryl methyl sites for hydroxylation is 1. The van der Waals surface area contributed by atoms with E-state index >= 15 is 0 Å². The lowest BCUT2D eigenvalue weighted by Crippen LogP contribution is -2.40. The van der Waals surface area contributed by atoms with Crippen molar-refractivity contribution >= 4 is 33.6 Å². The SMILES string of the molecule is Cn1nc(C(=O)N2CCCCC2)c2c1CCN(C(=O)Nc1ccccc1Br)C2. The van der Waals surface area contributed by atoms with Crippen molar-refractivity contribution in [2.75, 3.05) is 25.0 Å². The highest BCUT2D eigenvalue weighted by Gasteiger charge is 2.31. The number of halogens is 1. The van der Waals surface area contributed by atoms with E-state index in [1.54, 1.807) is 9.58 Å². The molecule has 2 aliphatic heterocycles.